The maximum absolute atomic E-state index is 12.7. The SMILES string of the molecule is Cc1ccc(-c2cc(C(=O)NC3CC3)cc(-n3nnnc3C(C)C)c2)cc1. The van der Waals surface area contributed by atoms with Crippen LogP contribution in [0.1, 0.15) is 54.4 Å². The van der Waals surface area contributed by atoms with E-state index in [4.69, 9.17) is 0 Å². The molecular formula is C21H23N5O. The predicted octanol–water partition coefficient (Wildman–Crippen LogP) is 3.65. The fourth-order valence-corrected chi connectivity index (χ4v) is 3.01. The first-order valence-corrected chi connectivity index (χ1v) is 9.33. The topological polar surface area (TPSA) is 72.7 Å². The van der Waals surface area contributed by atoms with Crippen molar-refractivity contribution in [3.8, 4) is 16.8 Å². The zero-order chi connectivity index (χ0) is 19.0. The van der Waals surface area contributed by atoms with Crippen LogP contribution in [0, 0.1) is 6.92 Å². The monoisotopic (exact) mass is 361 g/mol. The number of amides is 1. The predicted molar refractivity (Wildman–Crippen MR) is 104 cm³/mol. The minimum Gasteiger partial charge on any atom is -0.349 e. The lowest BCUT2D eigenvalue weighted by molar-refractivity contribution is 0.0951. The summed E-state index contributed by atoms with van der Waals surface area (Å²) in [7, 11) is 0. The first-order valence-electron chi connectivity index (χ1n) is 9.33. The van der Waals surface area contributed by atoms with E-state index in [-0.39, 0.29) is 11.8 Å². The number of carbonyl (C=O) groups excluding carboxylic acids is 1. The van der Waals surface area contributed by atoms with Crippen molar-refractivity contribution in [2.45, 2.75) is 45.6 Å². The summed E-state index contributed by atoms with van der Waals surface area (Å²) in [5.41, 5.74) is 4.65. The third kappa shape index (κ3) is 3.74. The van der Waals surface area contributed by atoms with E-state index in [0.717, 1.165) is 35.5 Å². The summed E-state index contributed by atoms with van der Waals surface area (Å²) < 4.78 is 1.72. The van der Waals surface area contributed by atoms with Gasteiger partial charge >= 0.3 is 0 Å². The standard InChI is InChI=1S/C21H23N5O/c1-13(2)20-23-24-25-26(20)19-11-16(15-6-4-14(3)5-7-15)10-17(12-19)21(27)22-18-8-9-18/h4-7,10-13,18H,8-9H2,1-3H3,(H,22,27). The molecule has 0 bridgehead atoms. The average molecular weight is 361 g/mol. The van der Waals surface area contributed by atoms with Gasteiger partial charge in [0.1, 0.15) is 0 Å². The van der Waals surface area contributed by atoms with E-state index in [1.54, 1.807) is 4.68 Å². The Balaban J connectivity index is 1.81. The average Bonchev–Trinajstić information content (AvgIpc) is 3.32. The molecule has 6 heteroatoms. The fourth-order valence-electron chi connectivity index (χ4n) is 3.01. The summed E-state index contributed by atoms with van der Waals surface area (Å²) in [5.74, 6) is 0.892. The van der Waals surface area contributed by atoms with Crippen molar-refractivity contribution in [2.24, 2.45) is 0 Å². The van der Waals surface area contributed by atoms with E-state index in [0.29, 0.717) is 11.6 Å². The van der Waals surface area contributed by atoms with Gasteiger partial charge in [-0.25, -0.2) is 0 Å². The Kier molecular flexibility index (Phi) is 4.48. The molecule has 3 aromatic rings. The molecule has 0 spiro atoms. The molecule has 0 radical (unpaired) electrons. The maximum atomic E-state index is 12.7. The van der Waals surface area contributed by atoms with Crippen LogP contribution < -0.4 is 5.32 Å². The van der Waals surface area contributed by atoms with Crippen LogP contribution in [0.25, 0.3) is 16.8 Å². The Hall–Kier alpha value is -3.02. The molecule has 0 unspecified atom stereocenters. The number of benzene rings is 2. The van der Waals surface area contributed by atoms with Gasteiger partial charge in [0.05, 0.1) is 5.69 Å². The molecule has 1 heterocycles. The highest BCUT2D eigenvalue weighted by Crippen LogP contribution is 2.27. The van der Waals surface area contributed by atoms with Crippen LogP contribution >= 0.6 is 0 Å². The van der Waals surface area contributed by atoms with Crippen LogP contribution in [-0.2, 0) is 0 Å². The minimum atomic E-state index is -0.0492. The molecule has 2 aromatic carbocycles. The fraction of sp³-hybridized carbons (Fsp3) is 0.333. The van der Waals surface area contributed by atoms with Gasteiger partial charge in [0.25, 0.3) is 5.91 Å². The van der Waals surface area contributed by atoms with Crippen molar-refractivity contribution >= 4 is 5.91 Å². The lowest BCUT2D eigenvalue weighted by atomic mass is 10.0. The van der Waals surface area contributed by atoms with Crippen molar-refractivity contribution in [2.75, 3.05) is 0 Å². The largest absolute Gasteiger partial charge is 0.349 e. The number of aromatic nitrogens is 4. The van der Waals surface area contributed by atoms with Crippen molar-refractivity contribution in [3.05, 3.63) is 59.4 Å². The van der Waals surface area contributed by atoms with E-state index < -0.39 is 0 Å². The van der Waals surface area contributed by atoms with Crippen molar-refractivity contribution in [3.63, 3.8) is 0 Å². The normalized spacial score (nSPS) is 13.8. The molecular weight excluding hydrogens is 338 g/mol. The number of aryl methyl sites for hydroxylation is 1. The van der Waals surface area contributed by atoms with Crippen LogP contribution in [0.3, 0.4) is 0 Å². The molecule has 6 nitrogen and oxygen atoms in total. The number of rotatable bonds is 5. The number of nitrogens with zero attached hydrogens (tertiary/aromatic N) is 4. The van der Waals surface area contributed by atoms with Gasteiger partial charge in [-0.05, 0) is 59.5 Å². The summed E-state index contributed by atoms with van der Waals surface area (Å²) in [4.78, 5) is 12.7. The minimum absolute atomic E-state index is 0.0492. The first kappa shape index (κ1) is 17.4. The number of tetrazole rings is 1. The molecule has 4 rings (SSSR count). The highest BCUT2D eigenvalue weighted by Gasteiger charge is 2.24. The number of nitrogens with one attached hydrogen (secondary N) is 1. The van der Waals surface area contributed by atoms with Gasteiger partial charge in [-0.1, -0.05) is 43.7 Å². The van der Waals surface area contributed by atoms with E-state index in [2.05, 4.69) is 52.0 Å². The van der Waals surface area contributed by atoms with Crippen molar-refractivity contribution in [1.82, 2.24) is 25.5 Å². The quantitative estimate of drug-likeness (QED) is 0.753. The zero-order valence-electron chi connectivity index (χ0n) is 15.8. The van der Waals surface area contributed by atoms with E-state index in [1.807, 2.05) is 32.0 Å². The van der Waals surface area contributed by atoms with E-state index in [9.17, 15) is 4.79 Å². The Morgan fingerprint density at radius 2 is 1.85 bits per heavy atom. The molecule has 0 aliphatic heterocycles. The van der Waals surface area contributed by atoms with Gasteiger partial charge in [-0.2, -0.15) is 4.68 Å². The lowest BCUT2D eigenvalue weighted by Crippen LogP contribution is -2.25. The van der Waals surface area contributed by atoms with Gasteiger partial charge in [0, 0.05) is 17.5 Å². The first-order chi connectivity index (χ1) is 13.0. The number of carbonyl (C=O) groups is 1. The number of hydrogen-bond donors (Lipinski definition) is 1. The summed E-state index contributed by atoms with van der Waals surface area (Å²) in [6.45, 7) is 6.16. The van der Waals surface area contributed by atoms with Crippen LogP contribution in [0.2, 0.25) is 0 Å². The Morgan fingerprint density at radius 3 is 2.52 bits per heavy atom. The Labute approximate surface area is 158 Å². The molecule has 0 saturated heterocycles. The third-order valence-electron chi connectivity index (χ3n) is 4.73. The summed E-state index contributed by atoms with van der Waals surface area (Å²) in [6.07, 6.45) is 2.11. The van der Waals surface area contributed by atoms with Gasteiger partial charge in [-0.3, -0.25) is 4.79 Å². The molecule has 1 aliphatic rings. The third-order valence-corrected chi connectivity index (χ3v) is 4.73. The smallest absolute Gasteiger partial charge is 0.251 e. The van der Waals surface area contributed by atoms with E-state index in [1.165, 1.54) is 5.56 Å². The highest BCUT2D eigenvalue weighted by atomic mass is 16.1. The summed E-state index contributed by atoms with van der Waals surface area (Å²) >= 11 is 0. The van der Waals surface area contributed by atoms with Crippen molar-refractivity contribution < 1.29 is 4.79 Å². The second-order valence-corrected chi connectivity index (χ2v) is 7.49. The maximum Gasteiger partial charge on any atom is 0.251 e. The molecule has 1 aromatic heterocycles. The van der Waals surface area contributed by atoms with Crippen LogP contribution in [-0.4, -0.2) is 32.2 Å². The lowest BCUT2D eigenvalue weighted by Gasteiger charge is -2.12. The van der Waals surface area contributed by atoms with Crippen molar-refractivity contribution in [1.29, 1.82) is 0 Å². The van der Waals surface area contributed by atoms with Crippen LogP contribution in [0.5, 0.6) is 0 Å². The molecule has 1 amide bonds. The van der Waals surface area contributed by atoms with Crippen LogP contribution in [0.15, 0.2) is 42.5 Å². The molecule has 1 N–H and O–H groups in total. The molecule has 0 atom stereocenters. The zero-order valence-corrected chi connectivity index (χ0v) is 15.8. The molecule has 1 aliphatic carbocycles. The van der Waals surface area contributed by atoms with Gasteiger partial charge < -0.3 is 5.32 Å². The summed E-state index contributed by atoms with van der Waals surface area (Å²) in [5, 5.41) is 15.2. The summed E-state index contributed by atoms with van der Waals surface area (Å²) in [6, 6.07) is 14.4. The Bertz CT molecular complexity index is 970. The van der Waals surface area contributed by atoms with Gasteiger partial charge in [-0.15, -0.1) is 5.10 Å². The molecule has 27 heavy (non-hydrogen) atoms. The second-order valence-electron chi connectivity index (χ2n) is 7.49. The van der Waals surface area contributed by atoms with Crippen LogP contribution in [0.4, 0.5) is 0 Å². The molecule has 1 saturated carbocycles. The highest BCUT2D eigenvalue weighted by molar-refractivity contribution is 5.96. The Morgan fingerprint density at radius 1 is 1.11 bits per heavy atom. The second kappa shape index (κ2) is 6.95. The van der Waals surface area contributed by atoms with E-state index >= 15 is 0 Å². The number of hydrogen-bond acceptors (Lipinski definition) is 4. The van der Waals surface area contributed by atoms with Gasteiger partial charge in [0.2, 0.25) is 0 Å². The van der Waals surface area contributed by atoms with Gasteiger partial charge in [0.15, 0.2) is 5.82 Å². The molecule has 138 valence electrons. The molecule has 1 fully saturated rings.